The van der Waals surface area contributed by atoms with Crippen molar-refractivity contribution in [2.75, 3.05) is 33.0 Å². The Hall–Kier alpha value is -2.78. The SMILES string of the molecule is CCCCCCCCCCCCCC(=O)N[C@H](COCC[C@@H](CCCCCCC)OC(=O)CCCCCCCCCCC)COP(=O)(O)OCCNC(=O)[C@H](CCC(=O)O)NC(=O)OC(C)(C)C. The highest BCUT2D eigenvalue weighted by Gasteiger charge is 2.27. The number of aliphatic carboxylic acids is 1. The van der Waals surface area contributed by atoms with Gasteiger partial charge in [-0.1, -0.05) is 162 Å². The zero-order valence-electron chi connectivity index (χ0n) is 43.5. The fourth-order valence-corrected chi connectivity index (χ4v) is 8.32. The van der Waals surface area contributed by atoms with Gasteiger partial charge in [-0.15, -0.1) is 0 Å². The van der Waals surface area contributed by atoms with Crippen molar-refractivity contribution in [2.45, 2.75) is 264 Å². The first-order chi connectivity index (χ1) is 32.5. The fourth-order valence-electron chi connectivity index (χ4n) is 7.55. The largest absolute Gasteiger partial charge is 0.481 e. The summed E-state index contributed by atoms with van der Waals surface area (Å²) in [5, 5.41) is 16.8. The number of carbonyl (C=O) groups excluding carboxylic acids is 4. The van der Waals surface area contributed by atoms with E-state index < -0.39 is 63.1 Å². The van der Waals surface area contributed by atoms with Crippen LogP contribution in [0.4, 0.5) is 4.79 Å². The zero-order chi connectivity index (χ0) is 50.7. The monoisotopic (exact) mass is 992 g/mol. The number of carboxylic acids is 1. The molecule has 0 bridgehead atoms. The summed E-state index contributed by atoms with van der Waals surface area (Å²) in [5.74, 6) is -2.33. The third-order valence-corrected chi connectivity index (χ3v) is 12.4. The first-order valence-electron chi connectivity index (χ1n) is 26.7. The lowest BCUT2D eigenvalue weighted by atomic mass is 10.1. The number of phosphoric ester groups is 1. The van der Waals surface area contributed by atoms with E-state index in [0.29, 0.717) is 19.3 Å². The lowest BCUT2D eigenvalue weighted by Crippen LogP contribution is -2.49. The minimum atomic E-state index is -4.69. The molecule has 0 saturated heterocycles. The van der Waals surface area contributed by atoms with E-state index in [1.807, 2.05) is 0 Å². The topological polar surface area (TPSA) is 225 Å². The van der Waals surface area contributed by atoms with Crippen molar-refractivity contribution in [3.8, 4) is 0 Å². The van der Waals surface area contributed by atoms with Gasteiger partial charge in [0, 0.05) is 32.2 Å². The van der Waals surface area contributed by atoms with Crippen LogP contribution < -0.4 is 16.0 Å². The van der Waals surface area contributed by atoms with Gasteiger partial charge in [-0.3, -0.25) is 28.2 Å². The number of nitrogens with one attached hydrogen (secondary N) is 3. The van der Waals surface area contributed by atoms with E-state index in [4.69, 9.17) is 28.4 Å². The molecule has 0 spiro atoms. The average Bonchev–Trinajstić information content (AvgIpc) is 3.27. The van der Waals surface area contributed by atoms with Gasteiger partial charge in [0.05, 0.1) is 32.5 Å². The molecule has 1 unspecified atom stereocenters. The number of unbranched alkanes of at least 4 members (excludes halogenated alkanes) is 22. The highest BCUT2D eigenvalue weighted by molar-refractivity contribution is 7.47. The Morgan fingerprint density at radius 1 is 0.574 bits per heavy atom. The quantitative estimate of drug-likeness (QED) is 0.0218. The molecule has 5 N–H and O–H groups in total. The molecule has 0 radical (unpaired) electrons. The molecule has 68 heavy (non-hydrogen) atoms. The molecule has 4 atom stereocenters. The molecular formula is C51H98N3O13P. The minimum Gasteiger partial charge on any atom is -0.481 e. The number of carbonyl (C=O) groups is 5. The Balaban J connectivity index is 5.35. The van der Waals surface area contributed by atoms with Crippen molar-refractivity contribution in [2.24, 2.45) is 0 Å². The first-order valence-corrected chi connectivity index (χ1v) is 28.2. The Bertz CT molecular complexity index is 1350. The van der Waals surface area contributed by atoms with Crippen LogP contribution >= 0.6 is 7.82 Å². The Morgan fingerprint density at radius 2 is 1.07 bits per heavy atom. The molecule has 0 aliphatic heterocycles. The van der Waals surface area contributed by atoms with Crippen LogP contribution in [0.25, 0.3) is 0 Å². The molecule has 0 rings (SSSR count). The number of hydrogen-bond donors (Lipinski definition) is 5. The lowest BCUT2D eigenvalue weighted by Gasteiger charge is -2.23. The summed E-state index contributed by atoms with van der Waals surface area (Å²) >= 11 is 0. The lowest BCUT2D eigenvalue weighted by molar-refractivity contribution is -0.150. The number of phosphoric acid groups is 1. The van der Waals surface area contributed by atoms with Crippen LogP contribution in [0.1, 0.15) is 241 Å². The van der Waals surface area contributed by atoms with Crippen LogP contribution in [0.2, 0.25) is 0 Å². The van der Waals surface area contributed by atoms with Crippen molar-refractivity contribution < 1.29 is 61.8 Å². The van der Waals surface area contributed by atoms with Crippen molar-refractivity contribution in [3.05, 3.63) is 0 Å². The van der Waals surface area contributed by atoms with Crippen molar-refractivity contribution in [1.29, 1.82) is 0 Å². The van der Waals surface area contributed by atoms with Gasteiger partial charge >= 0.3 is 25.9 Å². The predicted octanol–water partition coefficient (Wildman–Crippen LogP) is 11.8. The van der Waals surface area contributed by atoms with Crippen molar-refractivity contribution >= 4 is 37.7 Å². The predicted molar refractivity (Wildman–Crippen MR) is 268 cm³/mol. The van der Waals surface area contributed by atoms with Crippen LogP contribution in [0.3, 0.4) is 0 Å². The molecule has 0 aromatic heterocycles. The fraction of sp³-hybridized carbons (Fsp3) is 0.902. The molecule has 0 saturated carbocycles. The molecule has 0 aliphatic carbocycles. The van der Waals surface area contributed by atoms with Gasteiger partial charge in [0.15, 0.2) is 0 Å². The Labute approximate surface area is 411 Å². The molecule has 3 amide bonds. The van der Waals surface area contributed by atoms with Gasteiger partial charge in [-0.25, -0.2) is 9.36 Å². The normalized spacial score (nSPS) is 13.8. The first kappa shape index (κ1) is 65.2. The van der Waals surface area contributed by atoms with E-state index in [2.05, 4.69) is 36.7 Å². The summed E-state index contributed by atoms with van der Waals surface area (Å²) in [6, 6.07) is -2.04. The molecule has 0 aliphatic rings. The average molecular weight is 992 g/mol. The van der Waals surface area contributed by atoms with Gasteiger partial charge in [0.1, 0.15) is 17.7 Å². The molecule has 16 nitrogen and oxygen atoms in total. The third-order valence-electron chi connectivity index (χ3n) is 11.4. The number of hydrogen-bond acceptors (Lipinski definition) is 11. The summed E-state index contributed by atoms with van der Waals surface area (Å²) in [6.07, 6.45) is 28.6. The molecule has 0 heterocycles. The van der Waals surface area contributed by atoms with E-state index >= 15 is 0 Å². The van der Waals surface area contributed by atoms with Gasteiger partial charge < -0.3 is 40.2 Å². The number of alkyl carbamates (subject to hydrolysis) is 1. The molecule has 0 aromatic carbocycles. The molecular weight excluding hydrogens is 894 g/mol. The third kappa shape index (κ3) is 43.3. The smallest absolute Gasteiger partial charge is 0.472 e. The summed E-state index contributed by atoms with van der Waals surface area (Å²) in [6.45, 7) is 10.6. The maximum absolute atomic E-state index is 13.1. The van der Waals surface area contributed by atoms with Gasteiger partial charge in [-0.2, -0.15) is 0 Å². The van der Waals surface area contributed by atoms with E-state index in [1.54, 1.807) is 20.8 Å². The second kappa shape index (κ2) is 43.0. The summed E-state index contributed by atoms with van der Waals surface area (Å²) in [4.78, 5) is 72.8. The highest BCUT2D eigenvalue weighted by atomic mass is 31.2. The molecule has 0 fully saturated rings. The number of amides is 3. The van der Waals surface area contributed by atoms with Crippen molar-refractivity contribution in [1.82, 2.24) is 16.0 Å². The Kier molecular flexibility index (Phi) is 41.3. The van der Waals surface area contributed by atoms with Crippen LogP contribution in [0.15, 0.2) is 0 Å². The number of carboxylic acid groups (broad SMARTS) is 1. The van der Waals surface area contributed by atoms with Crippen molar-refractivity contribution in [3.63, 3.8) is 0 Å². The van der Waals surface area contributed by atoms with Gasteiger partial charge in [0.25, 0.3) is 0 Å². The zero-order valence-corrected chi connectivity index (χ0v) is 44.4. The second-order valence-electron chi connectivity index (χ2n) is 19.3. The number of ether oxygens (including phenoxy) is 3. The maximum atomic E-state index is 13.1. The molecule has 0 aromatic rings. The maximum Gasteiger partial charge on any atom is 0.472 e. The van der Waals surface area contributed by atoms with Crippen LogP contribution in [-0.4, -0.2) is 96.6 Å². The number of esters is 1. The number of rotatable bonds is 47. The van der Waals surface area contributed by atoms with E-state index in [1.165, 1.54) is 83.5 Å². The summed E-state index contributed by atoms with van der Waals surface area (Å²) in [5.41, 5.74) is -0.854. The van der Waals surface area contributed by atoms with E-state index in [0.717, 1.165) is 77.0 Å². The van der Waals surface area contributed by atoms with Crippen LogP contribution in [-0.2, 0) is 47.0 Å². The van der Waals surface area contributed by atoms with Gasteiger partial charge in [-0.05, 0) is 52.9 Å². The standard InChI is InChI=1S/C51H98N3O13P/c1-7-10-13-16-18-20-21-23-24-27-30-33-46(55)53-43(42-65-68(61,62)64-40-38-52-49(59)45(35-36-47(56)57)54-50(60)67-51(4,5)6)41-63-39-37-44(32-29-26-15-12-9-3)66-48(58)34-31-28-25-22-19-17-14-11-8-2/h43-45H,7-42H2,1-6H3,(H,52,59)(H,53,55)(H,54,60)(H,56,57)(H,61,62)/t43-,44-,45+/m1/s1. The highest BCUT2D eigenvalue weighted by Crippen LogP contribution is 2.43. The van der Waals surface area contributed by atoms with Crippen LogP contribution in [0, 0.1) is 0 Å². The molecule has 400 valence electrons. The van der Waals surface area contributed by atoms with E-state index in [9.17, 15) is 33.4 Å². The Morgan fingerprint density at radius 3 is 1.59 bits per heavy atom. The van der Waals surface area contributed by atoms with Crippen LogP contribution in [0.5, 0.6) is 0 Å². The minimum absolute atomic E-state index is 0.0297. The second-order valence-corrected chi connectivity index (χ2v) is 20.8. The molecule has 17 heteroatoms. The summed E-state index contributed by atoms with van der Waals surface area (Å²) < 4.78 is 40.5. The van der Waals surface area contributed by atoms with E-state index in [-0.39, 0.29) is 50.6 Å². The van der Waals surface area contributed by atoms with Gasteiger partial charge in [0.2, 0.25) is 11.8 Å². The summed E-state index contributed by atoms with van der Waals surface area (Å²) in [7, 11) is -4.69.